The third-order valence-electron chi connectivity index (χ3n) is 3.75. The molecule has 1 fully saturated rings. The minimum Gasteiger partial charge on any atom is -0.378 e. The molecular weight excluding hydrogens is 326 g/mol. The summed E-state index contributed by atoms with van der Waals surface area (Å²) in [7, 11) is 0. The van der Waals surface area contributed by atoms with Gasteiger partial charge in [-0.25, -0.2) is 4.98 Å². The Morgan fingerprint density at radius 2 is 2.08 bits per heavy atom. The molecule has 1 saturated heterocycles. The van der Waals surface area contributed by atoms with Crippen molar-refractivity contribution in [3.8, 4) is 11.4 Å². The van der Waals surface area contributed by atoms with Gasteiger partial charge in [0.1, 0.15) is 0 Å². The summed E-state index contributed by atoms with van der Waals surface area (Å²) in [6.45, 7) is 5.27. The predicted molar refractivity (Wildman–Crippen MR) is 90.2 cm³/mol. The summed E-state index contributed by atoms with van der Waals surface area (Å²) in [5, 5.41) is 7.11. The van der Waals surface area contributed by atoms with Gasteiger partial charge in [-0.05, 0) is 18.6 Å². The molecule has 0 N–H and O–H groups in total. The van der Waals surface area contributed by atoms with Crippen LogP contribution in [0.1, 0.15) is 17.1 Å². The minimum atomic E-state index is 0.535. The van der Waals surface area contributed by atoms with Crippen LogP contribution < -0.4 is 4.90 Å². The molecule has 3 aromatic rings. The first-order valence-corrected chi connectivity index (χ1v) is 8.67. The molecule has 0 saturated carbocycles. The first-order chi connectivity index (χ1) is 11.8. The zero-order valence-corrected chi connectivity index (χ0v) is 14.1. The van der Waals surface area contributed by atoms with E-state index in [0.29, 0.717) is 18.1 Å². The highest BCUT2D eigenvalue weighted by Crippen LogP contribution is 2.23. The predicted octanol–water partition coefficient (Wildman–Crippen LogP) is 2.32. The summed E-state index contributed by atoms with van der Waals surface area (Å²) in [6.07, 6.45) is 4.07. The zero-order chi connectivity index (χ0) is 16.4. The number of nitrogens with zero attached hydrogens (tertiary/aromatic N) is 5. The lowest BCUT2D eigenvalue weighted by Crippen LogP contribution is -2.36. The second-order valence-corrected chi connectivity index (χ2v) is 6.50. The maximum atomic E-state index is 5.37. The van der Waals surface area contributed by atoms with Crippen molar-refractivity contribution >= 4 is 16.5 Å². The van der Waals surface area contributed by atoms with Crippen LogP contribution in [0.4, 0.5) is 5.13 Å². The SMILES string of the molecule is Cc1cncc(-c2noc(Cc3csc(N4CCOCC4)n3)n2)c1. The fourth-order valence-corrected chi connectivity index (χ4v) is 3.43. The van der Waals surface area contributed by atoms with Crippen LogP contribution >= 0.6 is 11.3 Å². The summed E-state index contributed by atoms with van der Waals surface area (Å²) in [6, 6.07) is 1.99. The van der Waals surface area contributed by atoms with Crippen molar-refractivity contribution in [2.75, 3.05) is 31.2 Å². The number of rotatable bonds is 4. The molecule has 8 heteroatoms. The van der Waals surface area contributed by atoms with Gasteiger partial charge in [-0.15, -0.1) is 11.3 Å². The fraction of sp³-hybridized carbons (Fsp3) is 0.375. The zero-order valence-electron chi connectivity index (χ0n) is 13.3. The van der Waals surface area contributed by atoms with Crippen LogP contribution in [-0.4, -0.2) is 46.4 Å². The fourth-order valence-electron chi connectivity index (χ4n) is 2.55. The standard InChI is InChI=1S/C16H17N5O2S/c1-11-6-12(9-17-8-11)15-19-14(23-20-15)7-13-10-24-16(18-13)21-2-4-22-5-3-21/h6,8-10H,2-5,7H2,1H3. The van der Waals surface area contributed by atoms with Gasteiger partial charge in [0.25, 0.3) is 0 Å². The smallest absolute Gasteiger partial charge is 0.233 e. The molecule has 4 rings (SSSR count). The lowest BCUT2D eigenvalue weighted by Gasteiger charge is -2.25. The number of hydrogen-bond donors (Lipinski definition) is 0. The first-order valence-electron chi connectivity index (χ1n) is 7.79. The number of morpholine rings is 1. The molecule has 124 valence electrons. The molecule has 0 amide bonds. The molecule has 0 atom stereocenters. The van der Waals surface area contributed by atoms with Gasteiger partial charge in [-0.3, -0.25) is 4.98 Å². The molecule has 0 bridgehead atoms. The van der Waals surface area contributed by atoms with E-state index in [0.717, 1.165) is 48.3 Å². The summed E-state index contributed by atoms with van der Waals surface area (Å²) in [4.78, 5) is 15.5. The van der Waals surface area contributed by atoms with Gasteiger partial charge in [0.15, 0.2) is 5.13 Å². The highest BCUT2D eigenvalue weighted by molar-refractivity contribution is 7.13. The van der Waals surface area contributed by atoms with E-state index >= 15 is 0 Å². The van der Waals surface area contributed by atoms with Crippen molar-refractivity contribution in [1.29, 1.82) is 0 Å². The normalized spacial score (nSPS) is 15.0. The van der Waals surface area contributed by atoms with E-state index in [4.69, 9.17) is 9.26 Å². The number of hydrogen-bond acceptors (Lipinski definition) is 8. The van der Waals surface area contributed by atoms with Crippen LogP contribution in [-0.2, 0) is 11.2 Å². The van der Waals surface area contributed by atoms with Crippen molar-refractivity contribution < 1.29 is 9.26 Å². The van der Waals surface area contributed by atoms with E-state index in [-0.39, 0.29) is 0 Å². The van der Waals surface area contributed by atoms with Gasteiger partial charge >= 0.3 is 0 Å². The van der Waals surface area contributed by atoms with Gasteiger partial charge < -0.3 is 14.2 Å². The molecule has 0 unspecified atom stereocenters. The average molecular weight is 343 g/mol. The third-order valence-corrected chi connectivity index (χ3v) is 4.71. The van der Waals surface area contributed by atoms with E-state index in [1.165, 1.54) is 0 Å². The maximum absolute atomic E-state index is 5.37. The Kier molecular flexibility index (Phi) is 4.22. The van der Waals surface area contributed by atoms with Crippen LogP contribution in [0.2, 0.25) is 0 Å². The molecular formula is C16H17N5O2S. The largest absolute Gasteiger partial charge is 0.378 e. The van der Waals surface area contributed by atoms with Gasteiger partial charge in [0.2, 0.25) is 11.7 Å². The van der Waals surface area contributed by atoms with Crippen molar-refractivity contribution in [3.05, 3.63) is 41.0 Å². The Labute approximate surface area is 143 Å². The Morgan fingerprint density at radius 3 is 2.92 bits per heavy atom. The van der Waals surface area contributed by atoms with Crippen LogP contribution in [0.3, 0.4) is 0 Å². The molecule has 0 aliphatic carbocycles. The lowest BCUT2D eigenvalue weighted by molar-refractivity contribution is 0.122. The van der Waals surface area contributed by atoms with E-state index in [9.17, 15) is 0 Å². The molecule has 0 radical (unpaired) electrons. The van der Waals surface area contributed by atoms with Gasteiger partial charge in [-0.2, -0.15) is 4.98 Å². The van der Waals surface area contributed by atoms with E-state index in [2.05, 4.69) is 25.0 Å². The van der Waals surface area contributed by atoms with Crippen molar-refractivity contribution in [1.82, 2.24) is 20.1 Å². The van der Waals surface area contributed by atoms with Crippen LogP contribution in [0.15, 0.2) is 28.4 Å². The second kappa shape index (κ2) is 6.66. The van der Waals surface area contributed by atoms with Crippen LogP contribution in [0, 0.1) is 6.92 Å². The quantitative estimate of drug-likeness (QED) is 0.719. The summed E-state index contributed by atoms with van der Waals surface area (Å²) in [5.74, 6) is 1.12. The molecule has 1 aliphatic heterocycles. The van der Waals surface area contributed by atoms with Crippen molar-refractivity contribution in [3.63, 3.8) is 0 Å². The highest BCUT2D eigenvalue weighted by Gasteiger charge is 2.16. The number of ether oxygens (including phenoxy) is 1. The number of aromatic nitrogens is 4. The Bertz CT molecular complexity index is 825. The monoisotopic (exact) mass is 343 g/mol. The van der Waals surface area contributed by atoms with Crippen LogP contribution in [0.25, 0.3) is 11.4 Å². The molecule has 3 aromatic heterocycles. The van der Waals surface area contributed by atoms with Gasteiger partial charge in [0, 0.05) is 36.4 Å². The Morgan fingerprint density at radius 1 is 1.21 bits per heavy atom. The highest BCUT2D eigenvalue weighted by atomic mass is 32.1. The molecule has 1 aliphatic rings. The topological polar surface area (TPSA) is 77.2 Å². The second-order valence-electron chi connectivity index (χ2n) is 5.66. The number of thiazole rings is 1. The Balaban J connectivity index is 1.47. The number of aryl methyl sites for hydroxylation is 1. The summed E-state index contributed by atoms with van der Waals surface area (Å²) in [5.41, 5.74) is 2.87. The summed E-state index contributed by atoms with van der Waals surface area (Å²) >= 11 is 1.64. The van der Waals surface area contributed by atoms with Crippen molar-refractivity contribution in [2.45, 2.75) is 13.3 Å². The van der Waals surface area contributed by atoms with Gasteiger partial charge in [-0.1, -0.05) is 5.16 Å². The minimum absolute atomic E-state index is 0.535. The van der Waals surface area contributed by atoms with Crippen LogP contribution in [0.5, 0.6) is 0 Å². The molecule has 0 spiro atoms. The lowest BCUT2D eigenvalue weighted by atomic mass is 10.2. The van der Waals surface area contributed by atoms with Gasteiger partial charge in [0.05, 0.1) is 25.3 Å². The maximum Gasteiger partial charge on any atom is 0.233 e. The van der Waals surface area contributed by atoms with Crippen molar-refractivity contribution in [2.24, 2.45) is 0 Å². The molecule has 0 aromatic carbocycles. The molecule has 4 heterocycles. The number of anilines is 1. The third kappa shape index (κ3) is 3.29. The first kappa shape index (κ1) is 15.2. The van der Waals surface area contributed by atoms with E-state index < -0.39 is 0 Å². The summed E-state index contributed by atoms with van der Waals surface area (Å²) < 4.78 is 10.7. The van der Waals surface area contributed by atoms with E-state index in [1.807, 2.05) is 18.4 Å². The number of pyridine rings is 1. The molecule has 7 nitrogen and oxygen atoms in total. The average Bonchev–Trinajstić information content (AvgIpc) is 3.26. The van der Waals surface area contributed by atoms with E-state index in [1.54, 1.807) is 23.7 Å². The molecule has 24 heavy (non-hydrogen) atoms. The Hall–Kier alpha value is -2.32.